The number of carbonyl (C=O) groups excluding carboxylic acids is 2. The van der Waals surface area contributed by atoms with E-state index >= 15 is 0 Å². The number of hydrogen-bond acceptors (Lipinski definition) is 4. The highest BCUT2D eigenvalue weighted by Gasteiger charge is 2.36. The van der Waals surface area contributed by atoms with Gasteiger partial charge in [0.25, 0.3) is 0 Å². The van der Waals surface area contributed by atoms with Crippen LogP contribution >= 0.6 is 0 Å². The van der Waals surface area contributed by atoms with Crippen LogP contribution in [-0.4, -0.2) is 47.6 Å². The molecular weight excluding hydrogens is 363 g/mol. The molecule has 27 heavy (non-hydrogen) atoms. The standard InChI is InChI=1S/C18H22F3N3O3/c19-18(20,21)11-27-16-13(3-1-7-22-16)9-23-15(25)14-4-2-8-24(10-14)17(26)12-5-6-12/h1,3,7,12,14H,2,4-6,8-11H2,(H,23,25). The molecule has 1 saturated carbocycles. The van der Waals surface area contributed by atoms with Crippen LogP contribution in [0.1, 0.15) is 31.2 Å². The van der Waals surface area contributed by atoms with Crippen molar-refractivity contribution in [1.29, 1.82) is 0 Å². The summed E-state index contributed by atoms with van der Waals surface area (Å²) < 4.78 is 41.7. The summed E-state index contributed by atoms with van der Waals surface area (Å²) in [4.78, 5) is 30.2. The number of rotatable bonds is 6. The molecule has 0 aromatic carbocycles. The van der Waals surface area contributed by atoms with Gasteiger partial charge >= 0.3 is 6.18 Å². The van der Waals surface area contributed by atoms with E-state index in [0.717, 1.165) is 19.3 Å². The molecule has 1 aliphatic carbocycles. The average Bonchev–Trinajstić information content (AvgIpc) is 3.49. The van der Waals surface area contributed by atoms with Crippen molar-refractivity contribution in [2.45, 2.75) is 38.4 Å². The maximum Gasteiger partial charge on any atom is 0.422 e. The Kier molecular flexibility index (Phi) is 5.86. The summed E-state index contributed by atoms with van der Waals surface area (Å²) >= 11 is 0. The SMILES string of the molecule is O=C(NCc1cccnc1OCC(F)(F)F)C1CCCN(C(=O)C2CC2)C1. The quantitative estimate of drug-likeness (QED) is 0.816. The summed E-state index contributed by atoms with van der Waals surface area (Å²) in [6, 6.07) is 3.13. The summed E-state index contributed by atoms with van der Waals surface area (Å²) in [7, 11) is 0. The first-order chi connectivity index (χ1) is 12.8. The van der Waals surface area contributed by atoms with Gasteiger partial charge < -0.3 is 15.0 Å². The van der Waals surface area contributed by atoms with E-state index in [-0.39, 0.29) is 36.1 Å². The largest absolute Gasteiger partial charge is 0.468 e. The van der Waals surface area contributed by atoms with E-state index in [0.29, 0.717) is 25.1 Å². The fourth-order valence-corrected chi connectivity index (χ4v) is 3.15. The lowest BCUT2D eigenvalue weighted by molar-refractivity contribution is -0.154. The zero-order valence-electron chi connectivity index (χ0n) is 14.8. The number of piperidine rings is 1. The molecule has 1 aromatic heterocycles. The fourth-order valence-electron chi connectivity index (χ4n) is 3.15. The van der Waals surface area contributed by atoms with Crippen LogP contribution in [0.5, 0.6) is 5.88 Å². The zero-order valence-corrected chi connectivity index (χ0v) is 14.8. The van der Waals surface area contributed by atoms with Gasteiger partial charge in [-0.05, 0) is 31.7 Å². The smallest absolute Gasteiger partial charge is 0.422 e. The number of hydrogen-bond donors (Lipinski definition) is 1. The van der Waals surface area contributed by atoms with Crippen molar-refractivity contribution >= 4 is 11.8 Å². The average molecular weight is 385 g/mol. The van der Waals surface area contributed by atoms with Gasteiger partial charge in [-0.3, -0.25) is 9.59 Å². The van der Waals surface area contributed by atoms with E-state index in [2.05, 4.69) is 10.3 Å². The number of nitrogens with one attached hydrogen (secondary N) is 1. The lowest BCUT2D eigenvalue weighted by Crippen LogP contribution is -2.45. The molecule has 9 heteroatoms. The van der Waals surface area contributed by atoms with E-state index in [1.807, 2.05) is 0 Å². The number of nitrogens with zero attached hydrogens (tertiary/aromatic N) is 2. The van der Waals surface area contributed by atoms with Crippen LogP contribution in [-0.2, 0) is 16.1 Å². The van der Waals surface area contributed by atoms with Crippen molar-refractivity contribution < 1.29 is 27.5 Å². The topological polar surface area (TPSA) is 71.5 Å². The minimum atomic E-state index is -4.46. The molecule has 1 aliphatic heterocycles. The molecule has 148 valence electrons. The van der Waals surface area contributed by atoms with Crippen molar-refractivity contribution in [3.8, 4) is 5.88 Å². The first-order valence-corrected chi connectivity index (χ1v) is 9.03. The van der Waals surface area contributed by atoms with Crippen LogP contribution in [0, 0.1) is 11.8 Å². The second-order valence-electron chi connectivity index (χ2n) is 6.99. The van der Waals surface area contributed by atoms with E-state index in [1.54, 1.807) is 17.0 Å². The molecule has 2 aliphatic rings. The van der Waals surface area contributed by atoms with Crippen LogP contribution in [0.2, 0.25) is 0 Å². The number of halogens is 3. The molecule has 1 N–H and O–H groups in total. The Bertz CT molecular complexity index is 692. The number of aromatic nitrogens is 1. The molecule has 1 aromatic rings. The summed E-state index contributed by atoms with van der Waals surface area (Å²) in [5, 5.41) is 2.73. The van der Waals surface area contributed by atoms with Crippen LogP contribution < -0.4 is 10.1 Å². The normalized spacial score (nSPS) is 20.3. The molecule has 2 heterocycles. The van der Waals surface area contributed by atoms with Crippen LogP contribution in [0.4, 0.5) is 13.2 Å². The Morgan fingerprint density at radius 1 is 1.26 bits per heavy atom. The van der Waals surface area contributed by atoms with Crippen molar-refractivity contribution in [3.63, 3.8) is 0 Å². The van der Waals surface area contributed by atoms with Crippen LogP contribution in [0.15, 0.2) is 18.3 Å². The van der Waals surface area contributed by atoms with Crippen LogP contribution in [0.3, 0.4) is 0 Å². The third-order valence-corrected chi connectivity index (χ3v) is 4.71. The van der Waals surface area contributed by atoms with Crippen molar-refractivity contribution in [2.24, 2.45) is 11.8 Å². The zero-order chi connectivity index (χ0) is 19.4. The van der Waals surface area contributed by atoms with Gasteiger partial charge in [0.05, 0.1) is 5.92 Å². The molecule has 1 unspecified atom stereocenters. The number of carbonyl (C=O) groups is 2. The number of amides is 2. The predicted octanol–water partition coefficient (Wildman–Crippen LogP) is 2.29. The van der Waals surface area contributed by atoms with Gasteiger partial charge in [-0.2, -0.15) is 13.2 Å². The predicted molar refractivity (Wildman–Crippen MR) is 89.7 cm³/mol. The molecule has 0 radical (unpaired) electrons. The number of pyridine rings is 1. The minimum Gasteiger partial charge on any atom is -0.468 e. The first kappa shape index (κ1) is 19.4. The van der Waals surface area contributed by atoms with Crippen molar-refractivity contribution in [3.05, 3.63) is 23.9 Å². The number of ether oxygens (including phenoxy) is 1. The van der Waals surface area contributed by atoms with Gasteiger partial charge in [-0.25, -0.2) is 4.98 Å². The maximum absolute atomic E-state index is 12.5. The molecule has 1 atom stereocenters. The van der Waals surface area contributed by atoms with E-state index in [4.69, 9.17) is 4.74 Å². The Labute approximate surface area is 155 Å². The summed E-state index contributed by atoms with van der Waals surface area (Å²) in [5.41, 5.74) is 0.372. The highest BCUT2D eigenvalue weighted by Crippen LogP contribution is 2.32. The summed E-state index contributed by atoms with van der Waals surface area (Å²) in [5.74, 6) is -0.422. The van der Waals surface area contributed by atoms with Crippen molar-refractivity contribution in [2.75, 3.05) is 19.7 Å². The molecule has 3 rings (SSSR count). The summed E-state index contributed by atoms with van der Waals surface area (Å²) in [6.45, 7) is -0.346. The van der Waals surface area contributed by atoms with Gasteiger partial charge in [0.2, 0.25) is 17.7 Å². The third kappa shape index (κ3) is 5.58. The first-order valence-electron chi connectivity index (χ1n) is 9.03. The van der Waals surface area contributed by atoms with Gasteiger partial charge in [0.1, 0.15) is 0 Å². The van der Waals surface area contributed by atoms with Gasteiger partial charge in [0.15, 0.2) is 6.61 Å². The minimum absolute atomic E-state index is 0.0208. The van der Waals surface area contributed by atoms with Gasteiger partial charge in [-0.15, -0.1) is 0 Å². The lowest BCUT2D eigenvalue weighted by atomic mass is 9.96. The highest BCUT2D eigenvalue weighted by atomic mass is 19.4. The van der Waals surface area contributed by atoms with Gasteiger partial charge in [-0.1, -0.05) is 6.07 Å². The molecule has 6 nitrogen and oxygen atoms in total. The molecular formula is C18H22F3N3O3. The molecule has 0 spiro atoms. The lowest BCUT2D eigenvalue weighted by Gasteiger charge is -2.32. The number of alkyl halides is 3. The number of likely N-dealkylation sites (tertiary alicyclic amines) is 1. The van der Waals surface area contributed by atoms with E-state index in [1.165, 1.54) is 6.20 Å². The summed E-state index contributed by atoms with van der Waals surface area (Å²) in [6.07, 6.45) is 0.174. The fraction of sp³-hybridized carbons (Fsp3) is 0.611. The Morgan fingerprint density at radius 3 is 2.74 bits per heavy atom. The van der Waals surface area contributed by atoms with Gasteiger partial charge in [0, 0.05) is 37.3 Å². The van der Waals surface area contributed by atoms with E-state index < -0.39 is 12.8 Å². The maximum atomic E-state index is 12.5. The second-order valence-corrected chi connectivity index (χ2v) is 6.99. The van der Waals surface area contributed by atoms with Crippen molar-refractivity contribution in [1.82, 2.24) is 15.2 Å². The Hall–Kier alpha value is -2.32. The Morgan fingerprint density at radius 2 is 2.04 bits per heavy atom. The Balaban J connectivity index is 1.53. The third-order valence-electron chi connectivity index (χ3n) is 4.71. The highest BCUT2D eigenvalue weighted by molar-refractivity contribution is 5.83. The van der Waals surface area contributed by atoms with E-state index in [9.17, 15) is 22.8 Å². The van der Waals surface area contributed by atoms with Crippen LogP contribution in [0.25, 0.3) is 0 Å². The molecule has 1 saturated heterocycles. The second kappa shape index (κ2) is 8.14. The molecule has 0 bridgehead atoms. The monoisotopic (exact) mass is 385 g/mol. The molecule has 2 amide bonds. The molecule has 2 fully saturated rings.